The molecule has 0 amide bonds. The number of alkyl halides is 1. The molecule has 0 aliphatic heterocycles. The smallest absolute Gasteiger partial charge is 0.0985 e. The predicted octanol–water partition coefficient (Wildman–Crippen LogP) is 3.55. The molecule has 2 nitrogen and oxygen atoms in total. The first-order chi connectivity index (χ1) is 8.46. The largest absolute Gasteiger partial charge is 0.287 e. The van der Waals surface area contributed by atoms with Crippen LogP contribution in [0.1, 0.15) is 40.5 Å². The average Bonchev–Trinajstić information content (AvgIpc) is 2.33. The average molecular weight is 258 g/mol. The Morgan fingerprint density at radius 3 is 2.28 bits per heavy atom. The first kappa shape index (κ1) is 17.6. The van der Waals surface area contributed by atoms with E-state index in [-0.39, 0.29) is 6.17 Å². The number of rotatable bonds is 10. The molecule has 0 saturated heterocycles. The lowest BCUT2D eigenvalue weighted by atomic mass is 10.1. The number of halogens is 1. The zero-order chi connectivity index (χ0) is 14.1. The summed E-state index contributed by atoms with van der Waals surface area (Å²) in [6.45, 7) is 14.9. The van der Waals surface area contributed by atoms with Crippen LogP contribution in [0.3, 0.4) is 0 Å². The fourth-order valence-electron chi connectivity index (χ4n) is 2.16. The molecule has 3 heteroatoms. The van der Waals surface area contributed by atoms with Crippen molar-refractivity contribution in [2.75, 3.05) is 26.7 Å². The van der Waals surface area contributed by atoms with E-state index in [1.54, 1.807) is 6.92 Å². The quantitative estimate of drug-likeness (QED) is 0.437. The van der Waals surface area contributed by atoms with E-state index in [2.05, 4.69) is 44.2 Å². The molecule has 0 saturated carbocycles. The van der Waals surface area contributed by atoms with Gasteiger partial charge in [-0.25, -0.2) is 4.39 Å². The lowest BCUT2D eigenvalue weighted by Gasteiger charge is -2.36. The van der Waals surface area contributed by atoms with Crippen LogP contribution in [-0.2, 0) is 0 Å². The highest BCUT2D eigenvalue weighted by atomic mass is 19.1. The second-order valence-electron chi connectivity index (χ2n) is 5.30. The van der Waals surface area contributed by atoms with Crippen molar-refractivity contribution >= 4 is 0 Å². The fraction of sp³-hybridized carbons (Fsp3) is 0.867. The van der Waals surface area contributed by atoms with Crippen molar-refractivity contribution in [1.29, 1.82) is 0 Å². The van der Waals surface area contributed by atoms with Crippen molar-refractivity contribution in [1.82, 2.24) is 9.80 Å². The fourth-order valence-corrected chi connectivity index (χ4v) is 2.16. The van der Waals surface area contributed by atoms with Crippen LogP contribution in [0.4, 0.5) is 4.39 Å². The maximum absolute atomic E-state index is 13.0. The molecule has 18 heavy (non-hydrogen) atoms. The zero-order valence-corrected chi connectivity index (χ0v) is 12.8. The van der Waals surface area contributed by atoms with Crippen LogP contribution < -0.4 is 0 Å². The second kappa shape index (κ2) is 9.51. The molecule has 3 unspecified atom stereocenters. The molecule has 0 aromatic carbocycles. The Bertz CT molecular complexity index is 219. The Labute approximate surface area is 113 Å². The Morgan fingerprint density at radius 2 is 1.89 bits per heavy atom. The normalized spacial score (nSPS) is 16.9. The van der Waals surface area contributed by atoms with Gasteiger partial charge in [-0.2, -0.15) is 0 Å². The van der Waals surface area contributed by atoms with Crippen molar-refractivity contribution in [2.24, 2.45) is 5.92 Å². The highest BCUT2D eigenvalue weighted by molar-refractivity contribution is 4.87. The van der Waals surface area contributed by atoms with Gasteiger partial charge in [-0.1, -0.05) is 33.3 Å². The van der Waals surface area contributed by atoms with Gasteiger partial charge in [0.25, 0.3) is 0 Å². The second-order valence-corrected chi connectivity index (χ2v) is 5.30. The Kier molecular flexibility index (Phi) is 9.29. The molecule has 0 bridgehead atoms. The van der Waals surface area contributed by atoms with Crippen LogP contribution in [0.15, 0.2) is 12.7 Å². The standard InChI is InChI=1S/C15H31FN2/c1-7-13(4)12-17(6)15(8-2)18(9-3)11-10-14(5)16/h8,13-15H,2,7,9-12H2,1,3-6H3. The summed E-state index contributed by atoms with van der Waals surface area (Å²) in [5, 5.41) is 0. The lowest BCUT2D eigenvalue weighted by molar-refractivity contribution is 0.0825. The van der Waals surface area contributed by atoms with E-state index in [4.69, 9.17) is 0 Å². The van der Waals surface area contributed by atoms with E-state index < -0.39 is 6.17 Å². The Hall–Kier alpha value is -0.410. The number of hydrogen-bond acceptors (Lipinski definition) is 2. The highest BCUT2D eigenvalue weighted by Crippen LogP contribution is 2.12. The van der Waals surface area contributed by atoms with Crippen LogP contribution in [-0.4, -0.2) is 48.8 Å². The lowest BCUT2D eigenvalue weighted by Crippen LogP contribution is -2.47. The SMILES string of the molecule is C=CC(N(C)CC(C)CC)N(CC)CCC(C)F. The number of likely N-dealkylation sites (N-methyl/N-ethyl adjacent to an activating group) is 2. The molecule has 0 aromatic heterocycles. The van der Waals surface area contributed by atoms with Gasteiger partial charge in [-0.15, -0.1) is 6.58 Å². The van der Waals surface area contributed by atoms with Crippen LogP contribution in [0.5, 0.6) is 0 Å². The van der Waals surface area contributed by atoms with Crippen molar-refractivity contribution in [3.05, 3.63) is 12.7 Å². The first-order valence-corrected chi connectivity index (χ1v) is 7.17. The summed E-state index contributed by atoms with van der Waals surface area (Å²) in [4.78, 5) is 4.60. The van der Waals surface area contributed by atoms with Gasteiger partial charge in [-0.05, 0) is 32.9 Å². The van der Waals surface area contributed by atoms with Crippen molar-refractivity contribution < 1.29 is 4.39 Å². The maximum atomic E-state index is 13.0. The molecule has 0 aliphatic rings. The van der Waals surface area contributed by atoms with Gasteiger partial charge in [0.15, 0.2) is 0 Å². The number of nitrogens with zero attached hydrogens (tertiary/aromatic N) is 2. The topological polar surface area (TPSA) is 6.48 Å². The maximum Gasteiger partial charge on any atom is 0.0985 e. The summed E-state index contributed by atoms with van der Waals surface area (Å²) in [6.07, 6.45) is 3.22. The van der Waals surface area contributed by atoms with E-state index in [0.29, 0.717) is 12.3 Å². The Balaban J connectivity index is 4.44. The summed E-state index contributed by atoms with van der Waals surface area (Å²) in [5.41, 5.74) is 0. The molecule has 108 valence electrons. The third-order valence-electron chi connectivity index (χ3n) is 3.55. The number of hydrogen-bond donors (Lipinski definition) is 0. The third kappa shape index (κ3) is 6.50. The molecule has 0 heterocycles. The molecule has 0 radical (unpaired) electrons. The molecule has 0 aliphatic carbocycles. The third-order valence-corrected chi connectivity index (χ3v) is 3.55. The van der Waals surface area contributed by atoms with Crippen molar-refractivity contribution in [3.8, 4) is 0 Å². The molecule has 0 fully saturated rings. The van der Waals surface area contributed by atoms with E-state index in [1.807, 2.05) is 6.08 Å². The molecule has 0 aromatic rings. The van der Waals surface area contributed by atoms with Crippen LogP contribution >= 0.6 is 0 Å². The first-order valence-electron chi connectivity index (χ1n) is 7.17. The minimum Gasteiger partial charge on any atom is -0.287 e. The molecule has 0 spiro atoms. The van der Waals surface area contributed by atoms with E-state index >= 15 is 0 Å². The minimum absolute atomic E-state index is 0.211. The monoisotopic (exact) mass is 258 g/mol. The van der Waals surface area contributed by atoms with Gasteiger partial charge < -0.3 is 0 Å². The molecular weight excluding hydrogens is 227 g/mol. The van der Waals surface area contributed by atoms with Gasteiger partial charge in [0.2, 0.25) is 0 Å². The highest BCUT2D eigenvalue weighted by Gasteiger charge is 2.19. The summed E-state index contributed by atoms with van der Waals surface area (Å²) in [5.74, 6) is 0.677. The summed E-state index contributed by atoms with van der Waals surface area (Å²) >= 11 is 0. The molecule has 0 rings (SSSR count). The predicted molar refractivity (Wildman–Crippen MR) is 78.5 cm³/mol. The van der Waals surface area contributed by atoms with E-state index in [9.17, 15) is 4.39 Å². The van der Waals surface area contributed by atoms with Gasteiger partial charge >= 0.3 is 0 Å². The van der Waals surface area contributed by atoms with Crippen molar-refractivity contribution in [2.45, 2.75) is 52.9 Å². The van der Waals surface area contributed by atoms with Crippen LogP contribution in [0, 0.1) is 5.92 Å². The Morgan fingerprint density at radius 1 is 1.28 bits per heavy atom. The van der Waals surface area contributed by atoms with E-state index in [1.165, 1.54) is 6.42 Å². The molecule has 3 atom stereocenters. The van der Waals surface area contributed by atoms with E-state index in [0.717, 1.165) is 19.6 Å². The summed E-state index contributed by atoms with van der Waals surface area (Å²) < 4.78 is 13.0. The molecular formula is C15H31FN2. The van der Waals surface area contributed by atoms with Gasteiger partial charge in [0, 0.05) is 13.1 Å². The molecule has 0 N–H and O–H groups in total. The van der Waals surface area contributed by atoms with Gasteiger partial charge in [0.05, 0.1) is 12.3 Å². The van der Waals surface area contributed by atoms with Crippen molar-refractivity contribution in [3.63, 3.8) is 0 Å². The summed E-state index contributed by atoms with van der Waals surface area (Å²) in [7, 11) is 2.13. The van der Waals surface area contributed by atoms with Gasteiger partial charge in [-0.3, -0.25) is 9.80 Å². The van der Waals surface area contributed by atoms with Gasteiger partial charge in [0.1, 0.15) is 0 Å². The van der Waals surface area contributed by atoms with Crippen LogP contribution in [0.2, 0.25) is 0 Å². The zero-order valence-electron chi connectivity index (χ0n) is 12.8. The summed E-state index contributed by atoms with van der Waals surface area (Å²) in [6, 6.07) is 0. The minimum atomic E-state index is -0.732. The van der Waals surface area contributed by atoms with Crippen LogP contribution in [0.25, 0.3) is 0 Å².